The van der Waals surface area contributed by atoms with E-state index in [0.29, 0.717) is 18.9 Å². The van der Waals surface area contributed by atoms with Crippen LogP contribution in [-0.2, 0) is 16.6 Å². The molecule has 7 rings (SSSR count). The molecule has 5 atom stereocenters. The van der Waals surface area contributed by atoms with E-state index < -0.39 is 5.92 Å². The van der Waals surface area contributed by atoms with Gasteiger partial charge in [-0.05, 0) is 79.5 Å². The van der Waals surface area contributed by atoms with Crippen molar-refractivity contribution >= 4 is 16.9 Å². The molecule has 40 heavy (non-hydrogen) atoms. The van der Waals surface area contributed by atoms with Crippen LogP contribution in [0.5, 0.6) is 0 Å². The SMILES string of the molecule is O=C([C@@H]1C[NH2+]C[C@]12CCCc1c2ccc2ccoc12)N1CC[C@@H](c2ccccc2)C[C@H]1C1CCCC(F)(F)C1.[Cl-]. The van der Waals surface area contributed by atoms with Gasteiger partial charge in [0.25, 0.3) is 0 Å². The van der Waals surface area contributed by atoms with Crippen LogP contribution in [0.1, 0.15) is 74.0 Å². The van der Waals surface area contributed by atoms with Crippen molar-refractivity contribution in [2.45, 2.75) is 81.1 Å². The van der Waals surface area contributed by atoms with Gasteiger partial charge in [-0.25, -0.2) is 8.78 Å². The molecular weight excluding hydrogens is 530 g/mol. The third-order valence-electron chi connectivity index (χ3n) is 10.6. The predicted molar refractivity (Wildman–Crippen MR) is 147 cm³/mol. The molecule has 3 fully saturated rings. The van der Waals surface area contributed by atoms with E-state index in [4.69, 9.17) is 4.42 Å². The summed E-state index contributed by atoms with van der Waals surface area (Å²) in [6.07, 6.45) is 7.65. The molecule has 1 aromatic heterocycles. The van der Waals surface area contributed by atoms with Crippen molar-refractivity contribution in [2.24, 2.45) is 11.8 Å². The standard InChI is InChI=1S/C33H38F2N2O2.ClH/c34-33(35)15-4-8-25(19-33)29-18-24(22-6-2-1-3-7-22)12-16-37(29)31(38)28-20-36-21-32(28)14-5-9-26-27(32)11-10-23-13-17-39-30(23)26;/h1-3,6-7,10-11,13,17,24-25,28-29,36H,4-5,8-9,12,14-16,18-21H2;1H/t24-,25?,28+,29+,32+;/m1./s1. The lowest BCUT2D eigenvalue weighted by Gasteiger charge is -2.48. The van der Waals surface area contributed by atoms with Gasteiger partial charge >= 0.3 is 0 Å². The zero-order valence-corrected chi connectivity index (χ0v) is 23.7. The van der Waals surface area contributed by atoms with Gasteiger partial charge in [0.15, 0.2) is 0 Å². The van der Waals surface area contributed by atoms with E-state index in [1.165, 1.54) is 16.7 Å². The molecule has 0 radical (unpaired) electrons. The van der Waals surface area contributed by atoms with Gasteiger partial charge in [-0.3, -0.25) is 4.79 Å². The third-order valence-corrected chi connectivity index (χ3v) is 10.6. The molecule has 0 bridgehead atoms. The maximum Gasteiger partial charge on any atom is 0.248 e. The van der Waals surface area contributed by atoms with Crippen LogP contribution in [0.3, 0.4) is 0 Å². The van der Waals surface area contributed by atoms with E-state index in [2.05, 4.69) is 46.6 Å². The first kappa shape index (κ1) is 27.7. The zero-order valence-electron chi connectivity index (χ0n) is 23.0. The van der Waals surface area contributed by atoms with Gasteiger partial charge in [-0.2, -0.15) is 0 Å². The number of carbonyl (C=O) groups excluding carboxylic acids is 1. The lowest BCUT2D eigenvalue weighted by atomic mass is 9.63. The van der Waals surface area contributed by atoms with Crippen LogP contribution < -0.4 is 17.7 Å². The second kappa shape index (κ2) is 10.8. The number of aryl methyl sites for hydroxylation is 1. The smallest absolute Gasteiger partial charge is 0.248 e. The molecule has 2 aromatic carbocycles. The van der Waals surface area contributed by atoms with Crippen molar-refractivity contribution in [2.75, 3.05) is 19.6 Å². The number of amides is 1. The van der Waals surface area contributed by atoms with Crippen LogP contribution >= 0.6 is 0 Å². The summed E-state index contributed by atoms with van der Waals surface area (Å²) in [5.74, 6) is -2.41. The summed E-state index contributed by atoms with van der Waals surface area (Å²) < 4.78 is 35.3. The molecule has 4 nitrogen and oxygen atoms in total. The highest BCUT2D eigenvalue weighted by Crippen LogP contribution is 2.48. The van der Waals surface area contributed by atoms with Gasteiger partial charge in [0, 0.05) is 30.8 Å². The third kappa shape index (κ3) is 4.65. The monoisotopic (exact) mass is 568 g/mol. The number of furan rings is 1. The van der Waals surface area contributed by atoms with E-state index in [-0.39, 0.29) is 54.4 Å². The Balaban J connectivity index is 0.00000289. The first-order valence-electron chi connectivity index (χ1n) is 15.0. The van der Waals surface area contributed by atoms with Crippen LogP contribution in [0, 0.1) is 11.8 Å². The number of nitrogens with zero attached hydrogens (tertiary/aromatic N) is 1. The topological polar surface area (TPSA) is 50.1 Å². The lowest BCUT2D eigenvalue weighted by molar-refractivity contribution is -0.640. The molecule has 2 N–H and O–H groups in total. The summed E-state index contributed by atoms with van der Waals surface area (Å²) in [4.78, 5) is 16.7. The summed E-state index contributed by atoms with van der Waals surface area (Å²) in [7, 11) is 0. The quantitative estimate of drug-likeness (QED) is 0.528. The van der Waals surface area contributed by atoms with Crippen molar-refractivity contribution in [3.8, 4) is 0 Å². The molecule has 2 aliphatic carbocycles. The molecule has 1 saturated carbocycles. The van der Waals surface area contributed by atoms with Gasteiger partial charge < -0.3 is 27.0 Å². The number of nitrogens with two attached hydrogens (primary N) is 1. The van der Waals surface area contributed by atoms with E-state index >= 15 is 0 Å². The van der Waals surface area contributed by atoms with Crippen molar-refractivity contribution in [3.05, 3.63) is 71.5 Å². The number of hydrogen-bond acceptors (Lipinski definition) is 2. The predicted octanol–water partition coefficient (Wildman–Crippen LogP) is 2.80. The highest BCUT2D eigenvalue weighted by molar-refractivity contribution is 5.85. The van der Waals surface area contributed by atoms with Crippen LogP contribution in [0.2, 0.25) is 0 Å². The first-order valence-corrected chi connectivity index (χ1v) is 15.0. The van der Waals surface area contributed by atoms with Crippen LogP contribution in [-0.4, -0.2) is 42.4 Å². The maximum absolute atomic E-state index is 14.7. The van der Waals surface area contributed by atoms with Crippen LogP contribution in [0.25, 0.3) is 11.0 Å². The second-order valence-corrected chi connectivity index (χ2v) is 12.7. The largest absolute Gasteiger partial charge is 1.00 e. The lowest BCUT2D eigenvalue weighted by Crippen LogP contribution is -3.00. The molecule has 2 aliphatic heterocycles. The number of carbonyl (C=O) groups is 1. The Morgan fingerprint density at radius 3 is 2.70 bits per heavy atom. The van der Waals surface area contributed by atoms with Crippen molar-refractivity contribution in [1.82, 2.24) is 4.90 Å². The Morgan fingerprint density at radius 1 is 1.02 bits per heavy atom. The molecular formula is C33H39ClF2N2O2. The average Bonchev–Trinajstić information content (AvgIpc) is 3.60. The maximum atomic E-state index is 14.7. The van der Waals surface area contributed by atoms with E-state index in [1.54, 1.807) is 6.26 Å². The Bertz CT molecular complexity index is 1360. The molecule has 214 valence electrons. The normalized spacial score (nSPS) is 31.6. The highest BCUT2D eigenvalue weighted by atomic mass is 35.5. The van der Waals surface area contributed by atoms with E-state index in [1.807, 2.05) is 12.1 Å². The number of rotatable bonds is 3. The van der Waals surface area contributed by atoms with Gasteiger partial charge in [0.05, 0.1) is 24.8 Å². The van der Waals surface area contributed by atoms with Crippen molar-refractivity contribution < 1.29 is 35.7 Å². The van der Waals surface area contributed by atoms with Crippen molar-refractivity contribution in [3.63, 3.8) is 0 Å². The minimum atomic E-state index is -2.63. The van der Waals surface area contributed by atoms with Gasteiger partial charge in [0.2, 0.25) is 11.8 Å². The Morgan fingerprint density at radius 2 is 1.88 bits per heavy atom. The number of alkyl halides is 2. The average molecular weight is 569 g/mol. The fourth-order valence-corrected chi connectivity index (χ4v) is 8.79. The fourth-order valence-electron chi connectivity index (χ4n) is 8.79. The molecule has 3 heterocycles. The summed E-state index contributed by atoms with van der Waals surface area (Å²) >= 11 is 0. The molecule has 1 spiro atoms. The summed E-state index contributed by atoms with van der Waals surface area (Å²) in [5.41, 5.74) is 4.57. The van der Waals surface area contributed by atoms with Crippen molar-refractivity contribution in [1.29, 1.82) is 0 Å². The van der Waals surface area contributed by atoms with Gasteiger partial charge in [-0.15, -0.1) is 0 Å². The molecule has 1 unspecified atom stereocenters. The fraction of sp³-hybridized carbons (Fsp3) is 0.545. The van der Waals surface area contributed by atoms with Gasteiger partial charge in [-0.1, -0.05) is 42.5 Å². The summed E-state index contributed by atoms with van der Waals surface area (Å²) in [5, 5.41) is 3.43. The van der Waals surface area contributed by atoms with Crippen LogP contribution in [0.15, 0.2) is 59.2 Å². The molecule has 7 heteroatoms. The number of fused-ring (bicyclic) bond motifs is 4. The number of hydrogen-bond donors (Lipinski definition) is 1. The van der Waals surface area contributed by atoms with E-state index in [9.17, 15) is 13.6 Å². The Hall–Kier alpha value is -2.44. The summed E-state index contributed by atoms with van der Waals surface area (Å²) in [6, 6.07) is 16.7. The number of likely N-dealkylation sites (tertiary alicyclic amines) is 1. The molecule has 2 saturated heterocycles. The Labute approximate surface area is 241 Å². The minimum Gasteiger partial charge on any atom is -1.00 e. The Kier molecular flexibility index (Phi) is 7.45. The number of quaternary nitrogens is 1. The number of benzene rings is 2. The minimum absolute atomic E-state index is 0. The molecule has 1 amide bonds. The number of piperidine rings is 1. The molecule has 3 aromatic rings. The van der Waals surface area contributed by atoms with E-state index in [0.717, 1.165) is 62.6 Å². The zero-order chi connectivity index (χ0) is 26.6. The van der Waals surface area contributed by atoms with Crippen LogP contribution in [0.4, 0.5) is 8.78 Å². The first-order chi connectivity index (χ1) is 19.0. The second-order valence-electron chi connectivity index (χ2n) is 12.7. The molecule has 4 aliphatic rings. The summed E-state index contributed by atoms with van der Waals surface area (Å²) in [6.45, 7) is 2.32. The highest BCUT2D eigenvalue weighted by Gasteiger charge is 2.56. The van der Waals surface area contributed by atoms with Gasteiger partial charge in [0.1, 0.15) is 11.5 Å². The number of halogens is 3.